The van der Waals surface area contributed by atoms with Crippen LogP contribution in [0.5, 0.6) is 23.0 Å². The zero-order valence-electron chi connectivity index (χ0n) is 16.1. The Morgan fingerprint density at radius 3 is 1.46 bits per heavy atom. The average Bonchev–Trinajstić information content (AvgIpc) is 2.73. The van der Waals surface area contributed by atoms with Crippen LogP contribution in [0.15, 0.2) is 46.6 Å². The topological polar surface area (TPSA) is 85.7 Å². The van der Waals surface area contributed by atoms with Gasteiger partial charge in [-0.2, -0.15) is 10.2 Å². The second-order valence-electron chi connectivity index (χ2n) is 5.30. The lowest BCUT2D eigenvalue weighted by atomic mass is 10.2. The van der Waals surface area contributed by atoms with Crippen LogP contribution >= 0.6 is 12.2 Å². The van der Waals surface area contributed by atoms with Crippen molar-refractivity contribution in [3.63, 3.8) is 0 Å². The third-order valence-electron chi connectivity index (χ3n) is 3.57. The number of nitrogens with one attached hydrogen (secondary N) is 2. The lowest BCUT2D eigenvalue weighted by Gasteiger charge is -2.08. The first-order chi connectivity index (χ1) is 13.6. The summed E-state index contributed by atoms with van der Waals surface area (Å²) in [6, 6.07) is 10.9. The number of benzene rings is 2. The van der Waals surface area contributed by atoms with E-state index in [1.165, 1.54) is 0 Å². The molecule has 0 saturated heterocycles. The third-order valence-corrected chi connectivity index (χ3v) is 3.76. The van der Waals surface area contributed by atoms with E-state index in [-0.39, 0.29) is 5.11 Å². The molecule has 0 heterocycles. The van der Waals surface area contributed by atoms with Crippen LogP contribution in [0.1, 0.15) is 11.1 Å². The molecule has 2 aromatic carbocycles. The molecule has 148 valence electrons. The smallest absolute Gasteiger partial charge is 0.207 e. The molecular weight excluding hydrogens is 380 g/mol. The lowest BCUT2D eigenvalue weighted by Crippen LogP contribution is -2.28. The number of hydrogen-bond donors (Lipinski definition) is 2. The average molecular weight is 402 g/mol. The van der Waals surface area contributed by atoms with Gasteiger partial charge in [-0.1, -0.05) is 0 Å². The molecule has 2 rings (SSSR count). The first-order valence-corrected chi connectivity index (χ1v) is 8.58. The van der Waals surface area contributed by atoms with Gasteiger partial charge in [0.1, 0.15) is 0 Å². The van der Waals surface area contributed by atoms with Gasteiger partial charge in [-0.05, 0) is 59.7 Å². The molecule has 28 heavy (non-hydrogen) atoms. The summed E-state index contributed by atoms with van der Waals surface area (Å²) in [6.45, 7) is 0. The van der Waals surface area contributed by atoms with Crippen molar-refractivity contribution in [2.75, 3.05) is 28.4 Å². The maximum atomic E-state index is 5.25. The Morgan fingerprint density at radius 2 is 1.11 bits per heavy atom. The molecule has 0 spiro atoms. The zero-order chi connectivity index (χ0) is 20.4. The number of ether oxygens (including phenoxy) is 4. The predicted molar refractivity (Wildman–Crippen MR) is 113 cm³/mol. The Bertz CT molecular complexity index is 802. The van der Waals surface area contributed by atoms with Crippen molar-refractivity contribution in [2.24, 2.45) is 10.2 Å². The monoisotopic (exact) mass is 402 g/mol. The summed E-state index contributed by atoms with van der Waals surface area (Å²) >= 11 is 5.12. The highest BCUT2D eigenvalue weighted by Gasteiger charge is 2.04. The van der Waals surface area contributed by atoms with Crippen molar-refractivity contribution in [2.45, 2.75) is 0 Å². The molecule has 0 amide bonds. The van der Waals surface area contributed by atoms with Crippen LogP contribution in [0.2, 0.25) is 0 Å². The highest BCUT2D eigenvalue weighted by molar-refractivity contribution is 7.80. The van der Waals surface area contributed by atoms with Gasteiger partial charge < -0.3 is 18.9 Å². The Kier molecular flexibility index (Phi) is 8.04. The van der Waals surface area contributed by atoms with Gasteiger partial charge in [0.25, 0.3) is 0 Å². The van der Waals surface area contributed by atoms with Gasteiger partial charge in [-0.25, -0.2) is 0 Å². The van der Waals surface area contributed by atoms with Crippen molar-refractivity contribution in [1.82, 2.24) is 10.9 Å². The van der Waals surface area contributed by atoms with Crippen LogP contribution in [0.25, 0.3) is 0 Å². The first-order valence-electron chi connectivity index (χ1n) is 8.17. The second kappa shape index (κ2) is 10.7. The van der Waals surface area contributed by atoms with Gasteiger partial charge in [-0.15, -0.1) is 0 Å². The van der Waals surface area contributed by atoms with Gasteiger partial charge in [0.15, 0.2) is 23.0 Å². The molecule has 0 radical (unpaired) electrons. The minimum atomic E-state index is 0.244. The molecule has 0 saturated carbocycles. The van der Waals surface area contributed by atoms with Gasteiger partial charge in [0, 0.05) is 0 Å². The fraction of sp³-hybridized carbons (Fsp3) is 0.211. The first kappa shape index (κ1) is 21.0. The van der Waals surface area contributed by atoms with Crippen LogP contribution in [0.3, 0.4) is 0 Å². The van der Waals surface area contributed by atoms with E-state index < -0.39 is 0 Å². The summed E-state index contributed by atoms with van der Waals surface area (Å²) in [5.41, 5.74) is 7.01. The van der Waals surface area contributed by atoms with Crippen LogP contribution in [-0.2, 0) is 0 Å². The SMILES string of the molecule is COc1ccc(C=NNC(=S)N/N=C/c2ccc(OC)c(OC)c2)cc1OC. The maximum Gasteiger partial charge on any atom is 0.207 e. The molecule has 0 bridgehead atoms. The molecule has 2 N–H and O–H groups in total. The maximum absolute atomic E-state index is 5.25. The van der Waals surface area contributed by atoms with E-state index in [9.17, 15) is 0 Å². The standard InChI is InChI=1S/C19H22N4O4S/c1-24-15-7-5-13(9-17(15)26-3)11-20-22-19(28)23-21-12-14-6-8-16(25-2)18(10-14)27-4/h5-12H,1-4H3,(H2,22,23,28)/b20-11+,21-12?. The Balaban J connectivity index is 1.89. The quantitative estimate of drug-likeness (QED) is 0.399. The number of thiocarbonyl (C=S) groups is 1. The van der Waals surface area contributed by atoms with Crippen LogP contribution in [-0.4, -0.2) is 46.0 Å². The summed E-state index contributed by atoms with van der Waals surface area (Å²) in [4.78, 5) is 0. The molecule has 0 atom stereocenters. The molecule has 0 aliphatic heterocycles. The number of hydrogen-bond acceptors (Lipinski definition) is 7. The molecule has 0 aromatic heterocycles. The molecule has 8 nitrogen and oxygen atoms in total. The van der Waals surface area contributed by atoms with Crippen LogP contribution < -0.4 is 29.8 Å². The molecule has 2 aromatic rings. The largest absolute Gasteiger partial charge is 0.493 e. The van der Waals surface area contributed by atoms with E-state index in [4.69, 9.17) is 31.2 Å². The summed E-state index contributed by atoms with van der Waals surface area (Å²) in [6.07, 6.45) is 3.21. The molecule has 0 aliphatic carbocycles. The van der Waals surface area contributed by atoms with Crippen molar-refractivity contribution in [3.05, 3.63) is 47.5 Å². The van der Waals surface area contributed by atoms with E-state index in [1.54, 1.807) is 65.1 Å². The highest BCUT2D eigenvalue weighted by atomic mass is 32.1. The summed E-state index contributed by atoms with van der Waals surface area (Å²) < 4.78 is 20.9. The Hall–Kier alpha value is -3.33. The van der Waals surface area contributed by atoms with Crippen LogP contribution in [0.4, 0.5) is 0 Å². The fourth-order valence-electron chi connectivity index (χ4n) is 2.22. The summed E-state index contributed by atoms with van der Waals surface area (Å²) in [7, 11) is 6.32. The van der Waals surface area contributed by atoms with Crippen molar-refractivity contribution in [3.8, 4) is 23.0 Å². The van der Waals surface area contributed by atoms with Crippen LogP contribution in [0, 0.1) is 0 Å². The summed E-state index contributed by atoms with van der Waals surface area (Å²) in [5.74, 6) is 2.53. The lowest BCUT2D eigenvalue weighted by molar-refractivity contribution is 0.355. The normalized spacial score (nSPS) is 10.7. The zero-order valence-corrected chi connectivity index (χ0v) is 16.9. The number of hydrazone groups is 2. The number of methoxy groups -OCH3 is 4. The Morgan fingerprint density at radius 1 is 0.714 bits per heavy atom. The van der Waals surface area contributed by atoms with Crippen molar-refractivity contribution < 1.29 is 18.9 Å². The second-order valence-corrected chi connectivity index (χ2v) is 5.71. The third kappa shape index (κ3) is 5.85. The predicted octanol–water partition coefficient (Wildman–Crippen LogP) is 2.55. The fourth-order valence-corrected chi connectivity index (χ4v) is 2.33. The molecule has 0 unspecified atom stereocenters. The van der Waals surface area contributed by atoms with E-state index in [0.717, 1.165) is 11.1 Å². The number of nitrogens with zero attached hydrogens (tertiary/aromatic N) is 2. The molecular formula is C19H22N4O4S. The highest BCUT2D eigenvalue weighted by Crippen LogP contribution is 2.27. The van der Waals surface area contributed by atoms with Gasteiger partial charge in [-0.3, -0.25) is 10.9 Å². The van der Waals surface area contributed by atoms with Gasteiger partial charge in [0.05, 0.1) is 40.9 Å². The van der Waals surface area contributed by atoms with E-state index >= 15 is 0 Å². The minimum absolute atomic E-state index is 0.244. The number of rotatable bonds is 8. The van der Waals surface area contributed by atoms with E-state index in [0.29, 0.717) is 23.0 Å². The van der Waals surface area contributed by atoms with E-state index in [2.05, 4.69) is 21.1 Å². The minimum Gasteiger partial charge on any atom is -0.493 e. The summed E-state index contributed by atoms with van der Waals surface area (Å²) in [5, 5.41) is 8.37. The molecule has 9 heteroatoms. The van der Waals surface area contributed by atoms with Crippen molar-refractivity contribution >= 4 is 29.8 Å². The molecule has 0 aliphatic rings. The Labute approximate surface area is 169 Å². The van der Waals surface area contributed by atoms with Gasteiger partial charge in [0.2, 0.25) is 5.11 Å². The molecule has 0 fully saturated rings. The van der Waals surface area contributed by atoms with Crippen molar-refractivity contribution in [1.29, 1.82) is 0 Å². The van der Waals surface area contributed by atoms with Gasteiger partial charge >= 0.3 is 0 Å². The van der Waals surface area contributed by atoms with E-state index in [1.807, 2.05) is 12.1 Å².